The van der Waals surface area contributed by atoms with E-state index in [1.807, 2.05) is 11.3 Å². The van der Waals surface area contributed by atoms with Crippen molar-refractivity contribution in [2.24, 2.45) is 5.41 Å². The van der Waals surface area contributed by atoms with Gasteiger partial charge < -0.3 is 5.32 Å². The largest absolute Gasteiger partial charge is 0.314 e. The van der Waals surface area contributed by atoms with E-state index in [1.54, 1.807) is 4.88 Å². The lowest BCUT2D eigenvalue weighted by Gasteiger charge is -2.23. The monoisotopic (exact) mass is 209 g/mol. The Morgan fingerprint density at radius 2 is 2.36 bits per heavy atom. The van der Waals surface area contributed by atoms with Crippen LogP contribution in [0.2, 0.25) is 0 Å². The third kappa shape index (κ3) is 2.01. The van der Waals surface area contributed by atoms with Crippen LogP contribution in [-0.2, 0) is 6.42 Å². The summed E-state index contributed by atoms with van der Waals surface area (Å²) in [7, 11) is 0. The molecule has 0 bridgehead atoms. The molecular formula is C12H19NS. The highest BCUT2D eigenvalue weighted by atomic mass is 32.1. The van der Waals surface area contributed by atoms with E-state index in [2.05, 4.69) is 36.7 Å². The van der Waals surface area contributed by atoms with Gasteiger partial charge in [-0.3, -0.25) is 0 Å². The minimum atomic E-state index is 0.584. The van der Waals surface area contributed by atoms with Crippen molar-refractivity contribution in [2.75, 3.05) is 6.54 Å². The van der Waals surface area contributed by atoms with E-state index in [0.717, 1.165) is 6.54 Å². The Hall–Kier alpha value is -0.340. The lowest BCUT2D eigenvalue weighted by Crippen LogP contribution is -2.35. The molecule has 1 aromatic heterocycles. The quantitative estimate of drug-likeness (QED) is 0.786. The molecule has 1 atom stereocenters. The number of thiophene rings is 1. The second-order valence-corrected chi connectivity index (χ2v) is 5.43. The summed E-state index contributed by atoms with van der Waals surface area (Å²) in [4.78, 5) is 1.55. The molecule has 78 valence electrons. The summed E-state index contributed by atoms with van der Waals surface area (Å²) in [6.07, 6.45) is 4.08. The van der Waals surface area contributed by atoms with E-state index in [-0.39, 0.29) is 0 Å². The van der Waals surface area contributed by atoms with Gasteiger partial charge >= 0.3 is 0 Å². The van der Waals surface area contributed by atoms with Crippen LogP contribution in [0.15, 0.2) is 17.5 Å². The molecule has 14 heavy (non-hydrogen) atoms. The van der Waals surface area contributed by atoms with Gasteiger partial charge in [0.2, 0.25) is 0 Å². The maximum atomic E-state index is 3.57. The first-order chi connectivity index (χ1) is 6.77. The summed E-state index contributed by atoms with van der Waals surface area (Å²) < 4.78 is 0. The molecule has 0 saturated heterocycles. The third-order valence-electron chi connectivity index (χ3n) is 3.43. The molecule has 1 fully saturated rings. The van der Waals surface area contributed by atoms with Gasteiger partial charge in [0.05, 0.1) is 0 Å². The Bertz CT molecular complexity index is 275. The lowest BCUT2D eigenvalue weighted by molar-refractivity contribution is 0.357. The summed E-state index contributed by atoms with van der Waals surface area (Å²) >= 11 is 1.90. The van der Waals surface area contributed by atoms with E-state index in [1.165, 1.54) is 19.3 Å². The second kappa shape index (κ2) is 4.03. The van der Waals surface area contributed by atoms with Crippen molar-refractivity contribution in [3.8, 4) is 0 Å². The second-order valence-electron chi connectivity index (χ2n) is 4.40. The molecule has 1 heterocycles. The van der Waals surface area contributed by atoms with Gasteiger partial charge in [0.15, 0.2) is 0 Å². The number of nitrogens with one attached hydrogen (secondary N) is 1. The predicted octanol–water partition coefficient (Wildman–Crippen LogP) is 3.07. The van der Waals surface area contributed by atoms with Crippen LogP contribution in [0.25, 0.3) is 0 Å². The lowest BCUT2D eigenvalue weighted by atomic mass is 9.93. The van der Waals surface area contributed by atoms with E-state index in [0.29, 0.717) is 11.5 Å². The van der Waals surface area contributed by atoms with Gasteiger partial charge in [-0.25, -0.2) is 0 Å². The fourth-order valence-electron chi connectivity index (χ4n) is 2.21. The van der Waals surface area contributed by atoms with Gasteiger partial charge in [-0.1, -0.05) is 13.0 Å². The molecule has 0 spiro atoms. The maximum Gasteiger partial charge on any atom is 0.00985 e. The zero-order chi connectivity index (χ0) is 10.0. The van der Waals surface area contributed by atoms with Gasteiger partial charge in [-0.05, 0) is 49.6 Å². The summed E-state index contributed by atoms with van der Waals surface area (Å²) in [6, 6.07) is 5.10. The molecule has 0 aliphatic heterocycles. The van der Waals surface area contributed by atoms with E-state index in [9.17, 15) is 0 Å². The van der Waals surface area contributed by atoms with Crippen LogP contribution in [0.1, 0.15) is 31.6 Å². The standard InChI is InChI=1S/C12H19NS/c1-3-13-10(2)12(6-7-12)9-11-5-4-8-14-11/h4-5,8,10,13H,3,6-7,9H2,1-2H3. The highest BCUT2D eigenvalue weighted by Crippen LogP contribution is 2.51. The normalized spacial score (nSPS) is 20.7. The fraction of sp³-hybridized carbons (Fsp3) is 0.667. The van der Waals surface area contributed by atoms with E-state index >= 15 is 0 Å². The van der Waals surface area contributed by atoms with Gasteiger partial charge in [-0.15, -0.1) is 11.3 Å². The van der Waals surface area contributed by atoms with Crippen molar-refractivity contribution in [3.05, 3.63) is 22.4 Å². The van der Waals surface area contributed by atoms with Gasteiger partial charge in [0.1, 0.15) is 0 Å². The summed E-state index contributed by atoms with van der Waals surface area (Å²) in [5, 5.41) is 5.75. The highest BCUT2D eigenvalue weighted by molar-refractivity contribution is 7.09. The van der Waals surface area contributed by atoms with Crippen LogP contribution < -0.4 is 5.32 Å². The van der Waals surface area contributed by atoms with Crippen molar-refractivity contribution >= 4 is 11.3 Å². The minimum absolute atomic E-state index is 0.584. The highest BCUT2D eigenvalue weighted by Gasteiger charge is 2.46. The van der Waals surface area contributed by atoms with Crippen molar-refractivity contribution in [1.29, 1.82) is 0 Å². The molecule has 1 aliphatic rings. The topological polar surface area (TPSA) is 12.0 Å². The Morgan fingerprint density at radius 1 is 1.57 bits per heavy atom. The van der Waals surface area contributed by atoms with Crippen molar-refractivity contribution in [2.45, 2.75) is 39.2 Å². The number of hydrogen-bond donors (Lipinski definition) is 1. The Kier molecular flexibility index (Phi) is 2.93. The molecule has 1 saturated carbocycles. The molecular weight excluding hydrogens is 190 g/mol. The summed E-state index contributed by atoms with van der Waals surface area (Å²) in [5.74, 6) is 0. The van der Waals surface area contributed by atoms with Crippen molar-refractivity contribution < 1.29 is 0 Å². The van der Waals surface area contributed by atoms with Crippen molar-refractivity contribution in [1.82, 2.24) is 5.32 Å². The van der Waals surface area contributed by atoms with Gasteiger partial charge in [-0.2, -0.15) is 0 Å². The molecule has 0 radical (unpaired) electrons. The van der Waals surface area contributed by atoms with E-state index < -0.39 is 0 Å². The molecule has 1 aliphatic carbocycles. The zero-order valence-electron chi connectivity index (χ0n) is 9.05. The molecule has 1 unspecified atom stereocenters. The molecule has 1 nitrogen and oxygen atoms in total. The average molecular weight is 209 g/mol. The molecule has 1 N–H and O–H groups in total. The van der Waals surface area contributed by atoms with Crippen LogP contribution in [0.3, 0.4) is 0 Å². The average Bonchev–Trinajstić information content (AvgIpc) is 2.75. The van der Waals surface area contributed by atoms with Gasteiger partial charge in [0.25, 0.3) is 0 Å². The molecule has 1 aromatic rings. The van der Waals surface area contributed by atoms with Crippen LogP contribution >= 0.6 is 11.3 Å². The first-order valence-electron chi connectivity index (χ1n) is 5.52. The number of rotatable bonds is 5. The smallest absolute Gasteiger partial charge is 0.00985 e. The molecule has 2 heteroatoms. The minimum Gasteiger partial charge on any atom is -0.314 e. The SMILES string of the molecule is CCNC(C)C1(Cc2cccs2)CC1. The van der Waals surface area contributed by atoms with Crippen LogP contribution in [-0.4, -0.2) is 12.6 Å². The van der Waals surface area contributed by atoms with Crippen LogP contribution in [0, 0.1) is 5.41 Å². The van der Waals surface area contributed by atoms with Crippen LogP contribution in [0.4, 0.5) is 0 Å². The number of hydrogen-bond acceptors (Lipinski definition) is 2. The van der Waals surface area contributed by atoms with E-state index in [4.69, 9.17) is 0 Å². The Morgan fingerprint density at radius 3 is 2.86 bits per heavy atom. The third-order valence-corrected chi connectivity index (χ3v) is 4.30. The van der Waals surface area contributed by atoms with Crippen molar-refractivity contribution in [3.63, 3.8) is 0 Å². The molecule has 0 amide bonds. The summed E-state index contributed by atoms with van der Waals surface area (Å²) in [5.41, 5.74) is 0.584. The Balaban J connectivity index is 1.96. The first-order valence-corrected chi connectivity index (χ1v) is 6.40. The fourth-order valence-corrected chi connectivity index (χ4v) is 3.07. The van der Waals surface area contributed by atoms with Crippen LogP contribution in [0.5, 0.6) is 0 Å². The maximum absolute atomic E-state index is 3.57. The Labute approximate surface area is 90.5 Å². The van der Waals surface area contributed by atoms with Gasteiger partial charge in [0, 0.05) is 10.9 Å². The first kappa shape index (κ1) is 10.2. The predicted molar refractivity (Wildman–Crippen MR) is 62.8 cm³/mol. The molecule has 2 rings (SSSR count). The zero-order valence-corrected chi connectivity index (χ0v) is 9.86. The molecule has 0 aromatic carbocycles. The summed E-state index contributed by atoms with van der Waals surface area (Å²) in [6.45, 7) is 5.62.